The quantitative estimate of drug-likeness (QED) is 0.745. The number of aryl methyl sites for hydroxylation is 1. The van der Waals surface area contributed by atoms with Gasteiger partial charge in [0.05, 0.1) is 5.56 Å². The van der Waals surface area contributed by atoms with Gasteiger partial charge in [-0.2, -0.15) is 0 Å². The summed E-state index contributed by atoms with van der Waals surface area (Å²) in [4.78, 5) is 17.4. The van der Waals surface area contributed by atoms with E-state index in [1.165, 1.54) is 11.1 Å². The molecule has 0 saturated carbocycles. The molecule has 5 heteroatoms. The Bertz CT molecular complexity index is 798. The molecule has 1 heterocycles. The lowest BCUT2D eigenvalue weighted by atomic mass is 10.0. The van der Waals surface area contributed by atoms with Crippen molar-refractivity contribution in [2.45, 2.75) is 32.4 Å². The normalized spacial score (nSPS) is 15.4. The zero-order valence-electron chi connectivity index (χ0n) is 17.9. The van der Waals surface area contributed by atoms with Gasteiger partial charge in [0.2, 0.25) is 0 Å². The molecule has 0 radical (unpaired) electrons. The number of likely N-dealkylation sites (N-methyl/N-ethyl adjacent to an activating group) is 1. The Balaban J connectivity index is 1.49. The lowest BCUT2D eigenvalue weighted by Gasteiger charge is -2.32. The van der Waals surface area contributed by atoms with Crippen LogP contribution in [0.4, 0.5) is 0 Å². The fourth-order valence-corrected chi connectivity index (χ4v) is 3.69. The maximum Gasteiger partial charge on any atom is 0.255 e. The Labute approximate surface area is 174 Å². The summed E-state index contributed by atoms with van der Waals surface area (Å²) in [6.07, 6.45) is 1.95. The van der Waals surface area contributed by atoms with Crippen LogP contribution < -0.4 is 10.1 Å². The van der Waals surface area contributed by atoms with Crippen LogP contribution in [-0.4, -0.2) is 62.1 Å². The molecule has 2 aromatic carbocycles. The summed E-state index contributed by atoms with van der Waals surface area (Å²) < 4.78 is 5.84. The Hall–Kier alpha value is -2.37. The molecular weight excluding hydrogens is 362 g/mol. The first-order valence-electron chi connectivity index (χ1n) is 10.5. The van der Waals surface area contributed by atoms with Gasteiger partial charge in [-0.15, -0.1) is 0 Å². The summed E-state index contributed by atoms with van der Waals surface area (Å²) in [5.74, 6) is 0.617. The number of carbonyl (C=O) groups is 1. The number of hydrogen-bond acceptors (Lipinski definition) is 4. The summed E-state index contributed by atoms with van der Waals surface area (Å²) in [5.41, 5.74) is 3.28. The van der Waals surface area contributed by atoms with Crippen LogP contribution >= 0.6 is 0 Å². The number of piperidine rings is 1. The number of hydrogen-bond donors (Lipinski definition) is 1. The van der Waals surface area contributed by atoms with E-state index in [1.54, 1.807) is 0 Å². The van der Waals surface area contributed by atoms with E-state index in [1.807, 2.05) is 38.4 Å². The van der Waals surface area contributed by atoms with Gasteiger partial charge in [-0.25, -0.2) is 0 Å². The van der Waals surface area contributed by atoms with Crippen molar-refractivity contribution in [3.63, 3.8) is 0 Å². The lowest BCUT2D eigenvalue weighted by molar-refractivity contribution is 0.0904. The third-order valence-electron chi connectivity index (χ3n) is 5.34. The van der Waals surface area contributed by atoms with Crippen LogP contribution in [0, 0.1) is 6.92 Å². The minimum absolute atomic E-state index is 0.0393. The molecule has 0 bridgehead atoms. The van der Waals surface area contributed by atoms with Crippen molar-refractivity contribution < 1.29 is 9.53 Å². The van der Waals surface area contributed by atoms with Crippen LogP contribution in [-0.2, 0) is 6.54 Å². The highest BCUT2D eigenvalue weighted by atomic mass is 16.5. The van der Waals surface area contributed by atoms with E-state index in [9.17, 15) is 4.79 Å². The van der Waals surface area contributed by atoms with Crippen molar-refractivity contribution in [1.29, 1.82) is 0 Å². The van der Waals surface area contributed by atoms with E-state index in [-0.39, 0.29) is 11.9 Å². The highest BCUT2D eigenvalue weighted by Gasteiger charge is 2.22. The monoisotopic (exact) mass is 395 g/mol. The predicted octanol–water partition coefficient (Wildman–Crippen LogP) is 3.33. The fraction of sp³-hybridized carbons (Fsp3) is 0.458. The second-order valence-electron chi connectivity index (χ2n) is 8.16. The number of likely N-dealkylation sites (tertiary alicyclic amines) is 1. The lowest BCUT2D eigenvalue weighted by Crippen LogP contribution is -2.44. The van der Waals surface area contributed by atoms with Gasteiger partial charge >= 0.3 is 0 Å². The molecule has 0 spiro atoms. The van der Waals surface area contributed by atoms with Gasteiger partial charge in [-0.05, 0) is 51.6 Å². The Kier molecular flexibility index (Phi) is 7.67. The van der Waals surface area contributed by atoms with E-state index >= 15 is 0 Å². The Morgan fingerprint density at radius 3 is 2.62 bits per heavy atom. The SMILES string of the molecule is Cc1cccc(CN2CCC(NC(=O)c3ccccc3OCCN(C)C)CC2)c1. The van der Waals surface area contributed by atoms with Gasteiger partial charge in [0, 0.05) is 32.2 Å². The van der Waals surface area contributed by atoms with E-state index < -0.39 is 0 Å². The number of carbonyl (C=O) groups excluding carboxylic acids is 1. The number of benzene rings is 2. The van der Waals surface area contributed by atoms with E-state index in [2.05, 4.69) is 46.3 Å². The highest BCUT2D eigenvalue weighted by molar-refractivity contribution is 5.97. The summed E-state index contributed by atoms with van der Waals surface area (Å²) in [7, 11) is 4.01. The van der Waals surface area contributed by atoms with Gasteiger partial charge in [0.15, 0.2) is 0 Å². The molecule has 2 aromatic rings. The second-order valence-corrected chi connectivity index (χ2v) is 8.16. The standard InChI is InChI=1S/C24H33N3O2/c1-19-7-6-8-20(17-19)18-27-13-11-21(12-14-27)25-24(28)22-9-4-5-10-23(22)29-16-15-26(2)3/h4-10,17,21H,11-16,18H2,1-3H3,(H,25,28). The average Bonchev–Trinajstić information content (AvgIpc) is 2.69. The van der Waals surface area contributed by atoms with Gasteiger partial charge in [-0.1, -0.05) is 42.0 Å². The molecule has 1 aliphatic heterocycles. The molecule has 0 aliphatic carbocycles. The third kappa shape index (κ3) is 6.58. The minimum Gasteiger partial charge on any atom is -0.491 e. The van der Waals surface area contributed by atoms with Gasteiger partial charge in [0.1, 0.15) is 12.4 Å². The molecule has 0 aromatic heterocycles. The van der Waals surface area contributed by atoms with Gasteiger partial charge in [0.25, 0.3) is 5.91 Å². The van der Waals surface area contributed by atoms with Crippen LogP contribution in [0.25, 0.3) is 0 Å². The van der Waals surface area contributed by atoms with Crippen molar-refractivity contribution in [3.8, 4) is 5.75 Å². The van der Waals surface area contributed by atoms with E-state index in [4.69, 9.17) is 4.74 Å². The maximum absolute atomic E-state index is 12.8. The number of rotatable bonds is 8. The number of ether oxygens (including phenoxy) is 1. The molecule has 1 N–H and O–H groups in total. The van der Waals surface area contributed by atoms with Gasteiger partial charge in [-0.3, -0.25) is 9.69 Å². The van der Waals surface area contributed by atoms with E-state index in [0.29, 0.717) is 17.9 Å². The van der Waals surface area contributed by atoms with Crippen molar-refractivity contribution in [1.82, 2.24) is 15.1 Å². The Morgan fingerprint density at radius 1 is 1.14 bits per heavy atom. The molecule has 29 heavy (non-hydrogen) atoms. The zero-order chi connectivity index (χ0) is 20.6. The average molecular weight is 396 g/mol. The first-order valence-corrected chi connectivity index (χ1v) is 10.5. The maximum atomic E-state index is 12.8. The third-order valence-corrected chi connectivity index (χ3v) is 5.34. The molecule has 5 nitrogen and oxygen atoms in total. The summed E-state index contributed by atoms with van der Waals surface area (Å²) >= 11 is 0. The molecule has 156 valence electrons. The minimum atomic E-state index is -0.0393. The zero-order valence-corrected chi connectivity index (χ0v) is 17.9. The Morgan fingerprint density at radius 2 is 1.90 bits per heavy atom. The van der Waals surface area contributed by atoms with Crippen molar-refractivity contribution >= 4 is 5.91 Å². The molecule has 1 amide bonds. The van der Waals surface area contributed by atoms with Crippen LogP contribution in [0.5, 0.6) is 5.75 Å². The largest absolute Gasteiger partial charge is 0.491 e. The number of amides is 1. The first kappa shape index (κ1) is 21.3. The number of nitrogens with one attached hydrogen (secondary N) is 1. The molecule has 0 unspecified atom stereocenters. The summed E-state index contributed by atoms with van der Waals surface area (Å²) in [5, 5.41) is 3.21. The summed E-state index contributed by atoms with van der Waals surface area (Å²) in [6.45, 7) is 6.49. The van der Waals surface area contributed by atoms with E-state index in [0.717, 1.165) is 39.0 Å². The highest BCUT2D eigenvalue weighted by Crippen LogP contribution is 2.20. The molecule has 1 aliphatic rings. The predicted molar refractivity (Wildman–Crippen MR) is 117 cm³/mol. The van der Waals surface area contributed by atoms with Crippen LogP contribution in [0.3, 0.4) is 0 Å². The van der Waals surface area contributed by atoms with Crippen LogP contribution in [0.15, 0.2) is 48.5 Å². The molecular formula is C24H33N3O2. The topological polar surface area (TPSA) is 44.8 Å². The van der Waals surface area contributed by atoms with Crippen molar-refractivity contribution in [2.24, 2.45) is 0 Å². The summed E-state index contributed by atoms with van der Waals surface area (Å²) in [6, 6.07) is 16.4. The fourth-order valence-electron chi connectivity index (χ4n) is 3.69. The van der Waals surface area contributed by atoms with Crippen LogP contribution in [0.2, 0.25) is 0 Å². The van der Waals surface area contributed by atoms with Crippen molar-refractivity contribution in [2.75, 3.05) is 40.3 Å². The second kappa shape index (κ2) is 10.4. The smallest absolute Gasteiger partial charge is 0.255 e. The van der Waals surface area contributed by atoms with Crippen LogP contribution in [0.1, 0.15) is 34.3 Å². The van der Waals surface area contributed by atoms with Crippen molar-refractivity contribution in [3.05, 3.63) is 65.2 Å². The molecule has 1 fully saturated rings. The first-order chi connectivity index (χ1) is 14.0. The number of para-hydroxylation sites is 1. The number of nitrogens with zero attached hydrogens (tertiary/aromatic N) is 2. The van der Waals surface area contributed by atoms with Gasteiger partial charge < -0.3 is 15.0 Å². The molecule has 1 saturated heterocycles. The molecule has 3 rings (SSSR count). The molecule has 0 atom stereocenters.